The Hall–Kier alpha value is -1.02. The van der Waals surface area contributed by atoms with Crippen molar-refractivity contribution in [3.05, 3.63) is 0 Å². The number of hydrogen-bond acceptors (Lipinski definition) is 23. The molecule has 1 unspecified atom stereocenters. The number of carboxylic acids is 1. The van der Waals surface area contributed by atoms with E-state index in [1.807, 2.05) is 0 Å². The van der Waals surface area contributed by atoms with Crippen LogP contribution in [0, 0.1) is 0 Å². The summed E-state index contributed by atoms with van der Waals surface area (Å²) in [5.74, 6) is -1.13. The molecular formula is C29H50O23S. The van der Waals surface area contributed by atoms with Crippen LogP contribution in [-0.4, -0.2) is 237 Å². The monoisotopic (exact) mass is 798 g/mol. The molecule has 0 radical (unpaired) electrons. The van der Waals surface area contributed by atoms with Gasteiger partial charge in [-0.2, -0.15) is 0 Å². The highest BCUT2D eigenvalue weighted by atomic mass is 32.2. The quantitative estimate of drug-likeness (QED) is 0.0684. The summed E-state index contributed by atoms with van der Waals surface area (Å²) in [6.45, 7) is -0.441. The smallest absolute Gasteiger partial charge is 0.346 e. The maximum absolute atomic E-state index is 11.8. The molecule has 0 saturated carbocycles. The fourth-order valence-electron chi connectivity index (χ4n) is 6.17. The third-order valence-corrected chi connectivity index (χ3v) is 10.4. The predicted octanol–water partition coefficient (Wildman–Crippen LogP) is -8.17. The molecule has 0 aliphatic carbocycles. The van der Waals surface area contributed by atoms with Gasteiger partial charge in [0.15, 0.2) is 25.2 Å². The highest BCUT2D eigenvalue weighted by Crippen LogP contribution is 2.36. The Kier molecular flexibility index (Phi) is 16.0. The van der Waals surface area contributed by atoms with Gasteiger partial charge in [0.2, 0.25) is 4.93 Å². The van der Waals surface area contributed by atoms with Crippen LogP contribution in [-0.2, 0) is 42.7 Å². The van der Waals surface area contributed by atoms with E-state index in [0.717, 1.165) is 11.8 Å². The standard InChI is InChI=1S/C29H50O23S/c1-3-53-29(2,28(43)44)52-27-21(42)17(38)23(10(6-32)48-27)51-26-20(41)16(37)22(9(5-31)47-26)50-25-19(40)15(36)13(34)11(49-25)7-45-24-18(39)14(35)12(33)8(4-30)46-24/h8-27,30-42H,3-7H2,1-2H3,(H,43,44)/t8-,9-,10-,11-,12-,13-,14+,15+,16-,17-,18-,19-,20-,21-,22-,23-,24+,25-,26-,27+,29?/m1/s1. The van der Waals surface area contributed by atoms with Gasteiger partial charge in [0.05, 0.1) is 26.4 Å². The van der Waals surface area contributed by atoms with E-state index < -0.39 is 160 Å². The summed E-state index contributed by atoms with van der Waals surface area (Å²) in [6, 6.07) is 0. The molecule has 0 aromatic carbocycles. The van der Waals surface area contributed by atoms with E-state index in [-0.39, 0.29) is 5.75 Å². The summed E-state index contributed by atoms with van der Waals surface area (Å²) >= 11 is 0.848. The molecule has 4 aliphatic rings. The number of rotatable bonds is 15. The number of aliphatic hydroxyl groups is 13. The fourth-order valence-corrected chi connectivity index (χ4v) is 7.00. The lowest BCUT2D eigenvalue weighted by atomic mass is 9.96. The van der Waals surface area contributed by atoms with Gasteiger partial charge >= 0.3 is 5.97 Å². The normalized spacial score (nSPS) is 47.9. The molecule has 53 heavy (non-hydrogen) atoms. The zero-order valence-corrected chi connectivity index (χ0v) is 29.2. The van der Waals surface area contributed by atoms with Gasteiger partial charge in [-0.25, -0.2) is 4.79 Å². The third kappa shape index (κ3) is 9.58. The van der Waals surface area contributed by atoms with E-state index in [4.69, 9.17) is 37.9 Å². The van der Waals surface area contributed by atoms with Crippen LogP contribution < -0.4 is 0 Å². The third-order valence-electron chi connectivity index (χ3n) is 9.31. The number of carboxylic acid groups (broad SMARTS) is 1. The van der Waals surface area contributed by atoms with Crippen LogP contribution in [0.5, 0.6) is 0 Å². The summed E-state index contributed by atoms with van der Waals surface area (Å²) < 4.78 is 43.9. The lowest BCUT2D eigenvalue weighted by Gasteiger charge is -2.48. The molecule has 310 valence electrons. The number of aliphatic carboxylic acids is 1. The van der Waals surface area contributed by atoms with Crippen molar-refractivity contribution >= 4 is 17.7 Å². The number of hydrogen-bond donors (Lipinski definition) is 14. The van der Waals surface area contributed by atoms with Crippen molar-refractivity contribution in [1.29, 1.82) is 0 Å². The summed E-state index contributed by atoms with van der Waals surface area (Å²) in [6.07, 6.45) is -35.9. The van der Waals surface area contributed by atoms with E-state index in [9.17, 15) is 76.3 Å². The first-order chi connectivity index (χ1) is 24.9. The van der Waals surface area contributed by atoms with E-state index in [1.165, 1.54) is 6.92 Å². The van der Waals surface area contributed by atoms with Crippen LogP contribution in [0.4, 0.5) is 0 Å². The van der Waals surface area contributed by atoms with E-state index in [2.05, 4.69) is 0 Å². The SMILES string of the molecule is CCSC(C)(O[C@@H]1O[C@H](CO)[C@@H](O[C@H]2O[C@H](CO)[C@@H](O[C@H]3O[C@H](CO[C@H]4O[C@H](CO)[C@@H](O)[C@H](O)[C@H]4O)[C@@H](O)[C@H](O)[C@H]3O)[C@H](O)[C@H]2O)[C@H](O)[C@H]1O)C(=O)O. The van der Waals surface area contributed by atoms with Crippen molar-refractivity contribution in [2.24, 2.45) is 0 Å². The van der Waals surface area contributed by atoms with E-state index in [1.54, 1.807) is 6.92 Å². The van der Waals surface area contributed by atoms with Crippen LogP contribution in [0.15, 0.2) is 0 Å². The molecule has 4 rings (SSSR count). The minimum atomic E-state index is -2.07. The Balaban J connectivity index is 1.42. The minimum absolute atomic E-state index is 0.286. The van der Waals surface area contributed by atoms with Crippen LogP contribution in [0.25, 0.3) is 0 Å². The Morgan fingerprint density at radius 1 is 0.566 bits per heavy atom. The first-order valence-electron chi connectivity index (χ1n) is 16.7. The van der Waals surface area contributed by atoms with Crippen molar-refractivity contribution in [1.82, 2.24) is 0 Å². The summed E-state index contributed by atoms with van der Waals surface area (Å²) in [7, 11) is 0. The maximum atomic E-state index is 11.8. The first kappa shape index (κ1) is 44.7. The van der Waals surface area contributed by atoms with Gasteiger partial charge in [-0.15, -0.1) is 11.8 Å². The molecule has 0 bridgehead atoms. The zero-order chi connectivity index (χ0) is 39.5. The van der Waals surface area contributed by atoms with Crippen LogP contribution in [0.3, 0.4) is 0 Å². The number of thioether (sulfide) groups is 1. The average molecular weight is 799 g/mol. The lowest BCUT2D eigenvalue weighted by molar-refractivity contribution is -0.382. The molecule has 4 fully saturated rings. The second kappa shape index (κ2) is 18.9. The van der Waals surface area contributed by atoms with Gasteiger partial charge in [0.25, 0.3) is 0 Å². The van der Waals surface area contributed by atoms with E-state index in [0.29, 0.717) is 0 Å². The van der Waals surface area contributed by atoms with Crippen LogP contribution in [0.2, 0.25) is 0 Å². The molecule has 0 aromatic rings. The zero-order valence-electron chi connectivity index (χ0n) is 28.4. The van der Waals surface area contributed by atoms with Gasteiger partial charge in [-0.1, -0.05) is 6.92 Å². The molecule has 24 heteroatoms. The van der Waals surface area contributed by atoms with Gasteiger partial charge in [-0.3, -0.25) is 0 Å². The summed E-state index contributed by atoms with van der Waals surface area (Å²) in [5, 5.41) is 145. The van der Waals surface area contributed by atoms with Crippen molar-refractivity contribution in [3.8, 4) is 0 Å². The molecule has 0 amide bonds. The molecule has 0 spiro atoms. The second-order valence-electron chi connectivity index (χ2n) is 13.0. The molecule has 4 heterocycles. The molecule has 4 saturated heterocycles. The number of aliphatic hydroxyl groups excluding tert-OH is 13. The van der Waals surface area contributed by atoms with Crippen LogP contribution >= 0.6 is 11.8 Å². The van der Waals surface area contributed by atoms with Crippen molar-refractivity contribution in [2.75, 3.05) is 32.2 Å². The molecule has 14 N–H and O–H groups in total. The summed E-state index contributed by atoms with van der Waals surface area (Å²) in [4.78, 5) is 9.90. The second-order valence-corrected chi connectivity index (χ2v) is 14.6. The van der Waals surface area contributed by atoms with Crippen molar-refractivity contribution in [3.63, 3.8) is 0 Å². The fraction of sp³-hybridized carbons (Fsp3) is 0.966. The lowest BCUT2D eigenvalue weighted by Crippen LogP contribution is -2.67. The summed E-state index contributed by atoms with van der Waals surface area (Å²) in [5.41, 5.74) is 0. The predicted molar refractivity (Wildman–Crippen MR) is 167 cm³/mol. The largest absolute Gasteiger partial charge is 0.478 e. The van der Waals surface area contributed by atoms with Gasteiger partial charge in [-0.05, 0) is 12.7 Å². The molecule has 0 aromatic heterocycles. The Morgan fingerprint density at radius 3 is 1.43 bits per heavy atom. The topological polar surface area (TPSA) is 374 Å². The van der Waals surface area contributed by atoms with E-state index >= 15 is 0 Å². The van der Waals surface area contributed by atoms with Gasteiger partial charge in [0, 0.05) is 0 Å². The average Bonchev–Trinajstić information content (AvgIpc) is 3.13. The van der Waals surface area contributed by atoms with Gasteiger partial charge < -0.3 is 109 Å². The molecule has 23 nitrogen and oxygen atoms in total. The Bertz CT molecular complexity index is 1150. The van der Waals surface area contributed by atoms with Crippen molar-refractivity contribution < 1.29 is 114 Å². The highest BCUT2D eigenvalue weighted by Gasteiger charge is 2.55. The first-order valence-corrected chi connectivity index (χ1v) is 17.7. The Morgan fingerprint density at radius 2 is 0.962 bits per heavy atom. The molecule has 4 aliphatic heterocycles. The highest BCUT2D eigenvalue weighted by molar-refractivity contribution is 8.01. The van der Waals surface area contributed by atoms with Gasteiger partial charge in [0.1, 0.15) is 97.7 Å². The van der Waals surface area contributed by atoms with Crippen LogP contribution in [0.1, 0.15) is 13.8 Å². The maximum Gasteiger partial charge on any atom is 0.346 e. The Labute approximate surface area is 305 Å². The minimum Gasteiger partial charge on any atom is -0.478 e. The molecule has 21 atom stereocenters. The number of ether oxygens (including phenoxy) is 8. The van der Waals surface area contributed by atoms with Crippen molar-refractivity contribution in [2.45, 2.75) is 142 Å². The number of carbonyl (C=O) groups is 1. The molecular weight excluding hydrogens is 748 g/mol.